The van der Waals surface area contributed by atoms with Gasteiger partial charge in [0.2, 0.25) is 0 Å². The standard InChI is InChI=1S/C24H34N2O/c1-5-22(24(27)25-23-18(3)14-13-17(2)19(23)4)26-15-9-12-21(16-26)20-10-7-6-8-11-20/h6-8,10-11,13-14,21-22,24-25,27H,5,9,12,15-16H2,1-4H3. The maximum atomic E-state index is 11.1. The van der Waals surface area contributed by atoms with Crippen LogP contribution in [0.2, 0.25) is 0 Å². The number of likely N-dealkylation sites (tertiary alicyclic amines) is 1. The Morgan fingerprint density at radius 2 is 1.78 bits per heavy atom. The van der Waals surface area contributed by atoms with Gasteiger partial charge in [-0.15, -0.1) is 0 Å². The van der Waals surface area contributed by atoms with Crippen molar-refractivity contribution in [1.29, 1.82) is 0 Å². The summed E-state index contributed by atoms with van der Waals surface area (Å²) in [5, 5.41) is 14.5. The molecule has 0 aromatic heterocycles. The molecule has 2 N–H and O–H groups in total. The van der Waals surface area contributed by atoms with Gasteiger partial charge in [0.05, 0.1) is 6.04 Å². The molecule has 1 aliphatic heterocycles. The Hall–Kier alpha value is -1.84. The second-order valence-electron chi connectivity index (χ2n) is 8.01. The van der Waals surface area contributed by atoms with Gasteiger partial charge in [-0.3, -0.25) is 4.90 Å². The molecule has 0 spiro atoms. The first kappa shape index (κ1) is 19.9. The highest BCUT2D eigenvalue weighted by molar-refractivity contribution is 5.59. The van der Waals surface area contributed by atoms with Crippen molar-refractivity contribution in [3.05, 3.63) is 64.7 Å². The molecule has 2 aromatic rings. The van der Waals surface area contributed by atoms with Crippen molar-refractivity contribution in [3.63, 3.8) is 0 Å². The molecule has 146 valence electrons. The maximum absolute atomic E-state index is 11.1. The molecule has 3 nitrogen and oxygen atoms in total. The summed E-state index contributed by atoms with van der Waals surface area (Å²) in [6.45, 7) is 10.6. The number of hydrogen-bond donors (Lipinski definition) is 2. The van der Waals surface area contributed by atoms with E-state index in [0.29, 0.717) is 5.92 Å². The fraction of sp³-hybridized carbons (Fsp3) is 0.500. The quantitative estimate of drug-likeness (QED) is 0.706. The van der Waals surface area contributed by atoms with Gasteiger partial charge < -0.3 is 10.4 Å². The zero-order chi connectivity index (χ0) is 19.4. The molecule has 0 amide bonds. The number of anilines is 1. The van der Waals surface area contributed by atoms with E-state index in [0.717, 1.165) is 25.2 Å². The molecule has 0 radical (unpaired) electrons. The van der Waals surface area contributed by atoms with Gasteiger partial charge in [0.1, 0.15) is 6.23 Å². The monoisotopic (exact) mass is 366 g/mol. The largest absolute Gasteiger partial charge is 0.372 e. The van der Waals surface area contributed by atoms with E-state index in [4.69, 9.17) is 0 Å². The highest BCUT2D eigenvalue weighted by atomic mass is 16.3. The zero-order valence-electron chi connectivity index (χ0n) is 17.2. The van der Waals surface area contributed by atoms with Crippen LogP contribution in [0, 0.1) is 20.8 Å². The number of nitrogens with zero attached hydrogens (tertiary/aromatic N) is 1. The third-order valence-corrected chi connectivity index (χ3v) is 6.21. The molecule has 1 saturated heterocycles. The summed E-state index contributed by atoms with van der Waals surface area (Å²) in [5.41, 5.74) is 6.17. The zero-order valence-corrected chi connectivity index (χ0v) is 17.2. The molecule has 27 heavy (non-hydrogen) atoms. The molecule has 0 saturated carbocycles. The third kappa shape index (κ3) is 4.53. The minimum absolute atomic E-state index is 0.121. The fourth-order valence-electron chi connectivity index (χ4n) is 4.40. The first-order valence-electron chi connectivity index (χ1n) is 10.3. The number of aryl methyl sites for hydroxylation is 2. The number of aliphatic hydroxyl groups excluding tert-OH is 1. The third-order valence-electron chi connectivity index (χ3n) is 6.21. The van der Waals surface area contributed by atoms with Crippen molar-refractivity contribution >= 4 is 5.69 Å². The second kappa shape index (κ2) is 8.90. The lowest BCUT2D eigenvalue weighted by molar-refractivity contribution is 0.0463. The molecule has 3 unspecified atom stereocenters. The van der Waals surface area contributed by atoms with E-state index in [9.17, 15) is 5.11 Å². The van der Waals surface area contributed by atoms with Crippen molar-refractivity contribution in [1.82, 2.24) is 4.90 Å². The number of hydrogen-bond acceptors (Lipinski definition) is 3. The summed E-state index contributed by atoms with van der Waals surface area (Å²) in [6, 6.07) is 15.2. The lowest BCUT2D eigenvalue weighted by atomic mass is 9.89. The number of piperidine rings is 1. The van der Waals surface area contributed by atoms with E-state index >= 15 is 0 Å². The van der Waals surface area contributed by atoms with Crippen LogP contribution in [0.5, 0.6) is 0 Å². The van der Waals surface area contributed by atoms with Gasteiger partial charge in [-0.25, -0.2) is 0 Å². The van der Waals surface area contributed by atoms with Gasteiger partial charge in [-0.05, 0) is 74.8 Å². The minimum atomic E-state index is -0.566. The van der Waals surface area contributed by atoms with E-state index in [1.807, 2.05) is 0 Å². The summed E-state index contributed by atoms with van der Waals surface area (Å²) in [6.07, 6.45) is 2.78. The normalized spacial score (nSPS) is 20.3. The van der Waals surface area contributed by atoms with Crippen LogP contribution in [0.4, 0.5) is 5.69 Å². The van der Waals surface area contributed by atoms with Crippen molar-refractivity contribution in [2.24, 2.45) is 0 Å². The van der Waals surface area contributed by atoms with Crippen LogP contribution in [-0.4, -0.2) is 35.4 Å². The molecular weight excluding hydrogens is 332 g/mol. The van der Waals surface area contributed by atoms with Crippen LogP contribution >= 0.6 is 0 Å². The molecule has 1 fully saturated rings. The van der Waals surface area contributed by atoms with Gasteiger partial charge in [-0.1, -0.05) is 49.4 Å². The number of nitrogens with one attached hydrogen (secondary N) is 1. The van der Waals surface area contributed by atoms with Crippen molar-refractivity contribution in [3.8, 4) is 0 Å². The number of rotatable bonds is 6. The Kier molecular flexibility index (Phi) is 6.56. The first-order chi connectivity index (χ1) is 13.0. The summed E-state index contributed by atoms with van der Waals surface area (Å²) < 4.78 is 0. The van der Waals surface area contributed by atoms with Crippen LogP contribution in [-0.2, 0) is 0 Å². The molecule has 3 heteroatoms. The van der Waals surface area contributed by atoms with Gasteiger partial charge >= 0.3 is 0 Å². The van der Waals surface area contributed by atoms with Crippen LogP contribution in [0.15, 0.2) is 42.5 Å². The molecule has 3 rings (SSSR count). The van der Waals surface area contributed by atoms with Gasteiger partial charge in [0.25, 0.3) is 0 Å². The molecule has 3 atom stereocenters. The summed E-state index contributed by atoms with van der Waals surface area (Å²) in [5.74, 6) is 0.559. The Bertz CT molecular complexity index is 744. The summed E-state index contributed by atoms with van der Waals surface area (Å²) in [7, 11) is 0. The van der Waals surface area contributed by atoms with E-state index in [1.54, 1.807) is 0 Å². The topological polar surface area (TPSA) is 35.5 Å². The Labute approximate surface area is 164 Å². The average molecular weight is 367 g/mol. The predicted molar refractivity (Wildman–Crippen MR) is 114 cm³/mol. The lowest BCUT2D eigenvalue weighted by Gasteiger charge is -2.40. The van der Waals surface area contributed by atoms with E-state index < -0.39 is 6.23 Å². The smallest absolute Gasteiger partial charge is 0.140 e. The van der Waals surface area contributed by atoms with Crippen molar-refractivity contribution in [2.75, 3.05) is 18.4 Å². The minimum Gasteiger partial charge on any atom is -0.372 e. The predicted octanol–water partition coefficient (Wildman–Crippen LogP) is 5.00. The fourth-order valence-corrected chi connectivity index (χ4v) is 4.40. The Morgan fingerprint density at radius 1 is 1.07 bits per heavy atom. The maximum Gasteiger partial charge on any atom is 0.140 e. The average Bonchev–Trinajstić information content (AvgIpc) is 2.70. The van der Waals surface area contributed by atoms with Crippen LogP contribution in [0.3, 0.4) is 0 Å². The summed E-state index contributed by atoms with van der Waals surface area (Å²) >= 11 is 0. The molecule has 1 aliphatic rings. The molecule has 2 aromatic carbocycles. The molecule has 1 heterocycles. The van der Waals surface area contributed by atoms with Crippen LogP contribution in [0.1, 0.15) is 54.4 Å². The molecular formula is C24H34N2O. The first-order valence-corrected chi connectivity index (χ1v) is 10.3. The second-order valence-corrected chi connectivity index (χ2v) is 8.01. The van der Waals surface area contributed by atoms with Gasteiger partial charge in [0, 0.05) is 12.2 Å². The van der Waals surface area contributed by atoms with E-state index in [2.05, 4.69) is 80.4 Å². The van der Waals surface area contributed by atoms with Crippen molar-refractivity contribution in [2.45, 2.75) is 65.1 Å². The van der Waals surface area contributed by atoms with E-state index in [1.165, 1.54) is 35.1 Å². The van der Waals surface area contributed by atoms with Crippen LogP contribution in [0.25, 0.3) is 0 Å². The highest BCUT2D eigenvalue weighted by Gasteiger charge is 2.30. The van der Waals surface area contributed by atoms with Crippen LogP contribution < -0.4 is 5.32 Å². The van der Waals surface area contributed by atoms with Crippen molar-refractivity contribution < 1.29 is 5.11 Å². The number of aliphatic hydroxyl groups is 1. The lowest BCUT2D eigenvalue weighted by Crippen LogP contribution is -2.50. The SMILES string of the molecule is CCC(C(O)Nc1c(C)ccc(C)c1C)N1CCCC(c2ccccc2)C1. The van der Waals surface area contributed by atoms with Gasteiger partial charge in [-0.2, -0.15) is 0 Å². The van der Waals surface area contributed by atoms with Gasteiger partial charge in [0.15, 0.2) is 0 Å². The molecule has 0 bridgehead atoms. The van der Waals surface area contributed by atoms with E-state index in [-0.39, 0.29) is 6.04 Å². The Morgan fingerprint density at radius 3 is 2.48 bits per heavy atom. The number of benzene rings is 2. The summed E-state index contributed by atoms with van der Waals surface area (Å²) in [4.78, 5) is 2.49. The highest BCUT2D eigenvalue weighted by Crippen LogP contribution is 2.30. The molecule has 0 aliphatic carbocycles. The Balaban J connectivity index is 1.73.